The van der Waals surface area contributed by atoms with E-state index in [1.54, 1.807) is 0 Å². The molecule has 5 aliphatic rings. The normalized spacial score (nSPS) is 33.3. The molecule has 1 spiro atoms. The van der Waals surface area contributed by atoms with Crippen molar-refractivity contribution >= 4 is 33.3 Å². The minimum atomic E-state index is -0.962. The van der Waals surface area contributed by atoms with Crippen LogP contribution >= 0.6 is 0 Å². The van der Waals surface area contributed by atoms with E-state index in [1.807, 2.05) is 6.20 Å². The highest BCUT2D eigenvalue weighted by atomic mass is 16.5. The monoisotopic (exact) mass is 662 g/mol. The van der Waals surface area contributed by atoms with Crippen LogP contribution in [0.5, 0.6) is 0 Å². The Kier molecular flexibility index (Phi) is 9.27. The molecule has 2 saturated heterocycles. The van der Waals surface area contributed by atoms with Gasteiger partial charge in [0.15, 0.2) is 0 Å². The zero-order valence-electron chi connectivity index (χ0n) is 29.4. The molecule has 6 heterocycles. The molecule has 0 amide bonds. The minimum Gasteiger partial charge on any atom is -0.469 e. The second kappa shape index (κ2) is 13.8. The number of methoxy groups -OCH3 is 1. The van der Waals surface area contributed by atoms with E-state index in [0.29, 0.717) is 18.4 Å². The number of ether oxygens (including phenoxy) is 1. The predicted molar refractivity (Wildman–Crippen MR) is 197 cm³/mol. The van der Waals surface area contributed by atoms with Crippen LogP contribution < -0.4 is 0 Å². The Morgan fingerprint density at radius 1 is 0.980 bits per heavy atom. The highest BCUT2D eigenvalue weighted by molar-refractivity contribution is 6.10. The highest BCUT2D eigenvalue weighted by Gasteiger charge is 2.65. The van der Waals surface area contributed by atoms with Gasteiger partial charge in [-0.25, -0.2) is 0 Å². The van der Waals surface area contributed by atoms with E-state index >= 15 is 0 Å². The number of carbonyl (C=O) groups excluding carboxylic acids is 1. The van der Waals surface area contributed by atoms with E-state index in [4.69, 9.17) is 9.72 Å². The van der Waals surface area contributed by atoms with Crippen LogP contribution in [0, 0.1) is 11.3 Å². The van der Waals surface area contributed by atoms with E-state index in [0.717, 1.165) is 89.8 Å². The van der Waals surface area contributed by atoms with Crippen molar-refractivity contribution in [2.75, 3.05) is 33.3 Å². The van der Waals surface area contributed by atoms with Crippen LogP contribution in [-0.4, -0.2) is 81.4 Å². The molecule has 4 aliphatic heterocycles. The maximum absolute atomic E-state index is 13.3. The lowest BCUT2D eigenvalue weighted by molar-refractivity contribution is -0.140. The van der Waals surface area contributed by atoms with Crippen molar-refractivity contribution in [1.82, 2.24) is 19.4 Å². The zero-order chi connectivity index (χ0) is 33.4. The summed E-state index contributed by atoms with van der Waals surface area (Å²) in [6.07, 6.45) is 27.0. The average Bonchev–Trinajstić information content (AvgIpc) is 3.59. The summed E-state index contributed by atoms with van der Waals surface area (Å²) in [4.78, 5) is 22.7. The van der Waals surface area contributed by atoms with Crippen molar-refractivity contribution in [3.05, 3.63) is 72.6 Å². The summed E-state index contributed by atoms with van der Waals surface area (Å²) in [5.41, 5.74) is 3.67. The molecule has 49 heavy (non-hydrogen) atoms. The van der Waals surface area contributed by atoms with Crippen molar-refractivity contribution in [2.45, 2.75) is 108 Å². The zero-order valence-corrected chi connectivity index (χ0v) is 29.4. The fraction of sp³-hybridized carbons (Fsp3) is 0.571. The number of para-hydroxylation sites is 1. The summed E-state index contributed by atoms with van der Waals surface area (Å²) in [6, 6.07) is 11.3. The van der Waals surface area contributed by atoms with Crippen molar-refractivity contribution in [3.8, 4) is 0 Å². The number of pyridine rings is 1. The Bertz CT molecular complexity index is 1770. The van der Waals surface area contributed by atoms with Gasteiger partial charge in [-0.1, -0.05) is 42.5 Å². The molecular formula is C42H54N4O3. The minimum absolute atomic E-state index is 0.0601. The van der Waals surface area contributed by atoms with Crippen molar-refractivity contribution in [2.24, 2.45) is 11.3 Å². The Morgan fingerprint density at radius 2 is 1.82 bits per heavy atom. The maximum atomic E-state index is 13.3. The van der Waals surface area contributed by atoms with Crippen molar-refractivity contribution < 1.29 is 14.6 Å². The number of hydrogen-bond acceptors (Lipinski definition) is 6. The molecule has 260 valence electrons. The molecule has 2 aromatic heterocycles. The van der Waals surface area contributed by atoms with Crippen LogP contribution in [0.25, 0.3) is 27.4 Å². The lowest BCUT2D eigenvalue weighted by atomic mass is 9.54. The maximum Gasteiger partial charge on any atom is 0.305 e. The van der Waals surface area contributed by atoms with Crippen molar-refractivity contribution in [1.29, 1.82) is 0 Å². The van der Waals surface area contributed by atoms with Gasteiger partial charge in [-0.2, -0.15) is 0 Å². The van der Waals surface area contributed by atoms with Crippen LogP contribution in [0.4, 0.5) is 0 Å². The van der Waals surface area contributed by atoms with Gasteiger partial charge in [-0.05, 0) is 126 Å². The summed E-state index contributed by atoms with van der Waals surface area (Å²) >= 11 is 0. The SMILES string of the molecule is COC(=O)CCCCn1c2ccccc2c2ccnc(C3=C[C@@]4(O)CC/C=C\CCCCN5CCC3[C@]3(C[C@@H]6/C=C\CCCCN6[C@H]34)C5)c21. The molecule has 2 unspecified atom stereocenters. The first-order valence-corrected chi connectivity index (χ1v) is 19.2. The molecule has 6 atom stereocenters. The number of fused-ring (bicyclic) bond motifs is 5. The Hall–Kier alpha value is -3.26. The van der Waals surface area contributed by atoms with Gasteiger partial charge >= 0.3 is 5.97 Å². The second-order valence-electron chi connectivity index (χ2n) is 15.5. The fourth-order valence-electron chi connectivity index (χ4n) is 10.7. The van der Waals surface area contributed by atoms with Gasteiger partial charge in [0.05, 0.1) is 30.0 Å². The molecule has 2 fully saturated rings. The third kappa shape index (κ3) is 5.90. The van der Waals surface area contributed by atoms with Gasteiger partial charge in [0.25, 0.3) is 0 Å². The number of benzene rings is 1. The van der Waals surface area contributed by atoms with Crippen LogP contribution in [0.2, 0.25) is 0 Å². The molecule has 8 rings (SSSR count). The standard InChI is InChI=1S/C42H54N4O3/c1-49-37(47)19-11-15-26-46-36-18-10-9-17-32(36)33-20-23-43-38(39(33)46)34-29-42(48)22-12-5-2-3-6-13-24-44-27-21-35(34)41(30-44)28-31-16-8-4-7-14-25-45(31)40(41)42/h2,5,8-10,16-18,20,23,29,31,35,40,48H,3-4,6-7,11-15,19,21-22,24-28,30H2,1H3/b5-2-,16-8-/t31-,35?,40+,41-,42-/m0/s1. The van der Waals surface area contributed by atoms with E-state index in [-0.39, 0.29) is 17.4 Å². The number of rotatable bonds is 6. The van der Waals surface area contributed by atoms with Crippen LogP contribution in [0.3, 0.4) is 0 Å². The number of aromatic nitrogens is 2. The predicted octanol–water partition coefficient (Wildman–Crippen LogP) is 7.67. The van der Waals surface area contributed by atoms with Gasteiger partial charge in [0.2, 0.25) is 0 Å². The third-order valence-corrected chi connectivity index (χ3v) is 12.7. The summed E-state index contributed by atoms with van der Waals surface area (Å²) in [5, 5.41) is 15.8. The van der Waals surface area contributed by atoms with E-state index in [2.05, 4.69) is 75.1 Å². The number of esters is 1. The molecule has 3 bridgehead atoms. The number of carbonyl (C=O) groups is 1. The first-order valence-electron chi connectivity index (χ1n) is 19.2. The van der Waals surface area contributed by atoms with E-state index in [1.165, 1.54) is 60.2 Å². The number of nitrogens with zero attached hydrogens (tertiary/aromatic N) is 4. The molecule has 0 radical (unpaired) electrons. The third-order valence-electron chi connectivity index (χ3n) is 12.7. The molecule has 7 nitrogen and oxygen atoms in total. The molecule has 7 heteroatoms. The number of allylic oxidation sites excluding steroid dienone is 4. The Balaban J connectivity index is 1.31. The topological polar surface area (TPSA) is 70.8 Å². The van der Waals surface area contributed by atoms with Gasteiger partial charge in [0, 0.05) is 53.5 Å². The first kappa shape index (κ1) is 32.9. The molecule has 0 saturated carbocycles. The summed E-state index contributed by atoms with van der Waals surface area (Å²) in [7, 11) is 1.47. The lowest BCUT2D eigenvalue weighted by Gasteiger charge is -2.58. The molecule has 1 aromatic carbocycles. The summed E-state index contributed by atoms with van der Waals surface area (Å²) in [5.74, 6) is 0.169. The van der Waals surface area contributed by atoms with Gasteiger partial charge in [-0.15, -0.1) is 0 Å². The number of aryl methyl sites for hydroxylation is 1. The lowest BCUT2D eigenvalue weighted by Crippen LogP contribution is -2.65. The van der Waals surface area contributed by atoms with Gasteiger partial charge in [0.1, 0.15) is 0 Å². The second-order valence-corrected chi connectivity index (χ2v) is 15.5. The van der Waals surface area contributed by atoms with Crippen molar-refractivity contribution in [3.63, 3.8) is 0 Å². The van der Waals surface area contributed by atoms with Gasteiger partial charge in [-0.3, -0.25) is 14.7 Å². The first-order chi connectivity index (χ1) is 24.0. The van der Waals surface area contributed by atoms with Crippen LogP contribution in [0.15, 0.2) is 66.9 Å². The quantitative estimate of drug-likeness (QED) is 0.166. The van der Waals surface area contributed by atoms with E-state index < -0.39 is 5.60 Å². The fourth-order valence-corrected chi connectivity index (χ4v) is 10.7. The summed E-state index contributed by atoms with van der Waals surface area (Å²) in [6.45, 7) is 5.14. The highest BCUT2D eigenvalue weighted by Crippen LogP contribution is 2.62. The number of piperidine rings is 1. The Labute approximate surface area is 291 Å². The number of aliphatic hydroxyl groups is 1. The van der Waals surface area contributed by atoms with Gasteiger partial charge < -0.3 is 19.3 Å². The van der Waals surface area contributed by atoms with E-state index in [9.17, 15) is 9.90 Å². The summed E-state index contributed by atoms with van der Waals surface area (Å²) < 4.78 is 7.39. The largest absolute Gasteiger partial charge is 0.469 e. The average molecular weight is 663 g/mol. The number of hydrogen-bond donors (Lipinski definition) is 1. The Morgan fingerprint density at radius 3 is 2.71 bits per heavy atom. The number of unbranched alkanes of at least 4 members (excludes halogenated alkanes) is 1. The molecule has 1 N–H and O–H groups in total. The molecular weight excluding hydrogens is 608 g/mol. The smallest absolute Gasteiger partial charge is 0.305 e. The molecule has 3 aromatic rings. The molecule has 1 aliphatic carbocycles. The van der Waals surface area contributed by atoms with Crippen LogP contribution in [-0.2, 0) is 16.1 Å². The van der Waals surface area contributed by atoms with Crippen LogP contribution in [0.1, 0.15) is 89.2 Å².